The first-order chi connectivity index (χ1) is 8.56. The van der Waals surface area contributed by atoms with Gasteiger partial charge < -0.3 is 10.8 Å². The lowest BCUT2D eigenvalue weighted by atomic mass is 9.95. The smallest absolute Gasteiger partial charge is 0.155 e. The first kappa shape index (κ1) is 14.0. The third kappa shape index (κ3) is 2.77. The van der Waals surface area contributed by atoms with Gasteiger partial charge in [0.25, 0.3) is 0 Å². The summed E-state index contributed by atoms with van der Waals surface area (Å²) >= 11 is 1.51. The predicted molar refractivity (Wildman–Crippen MR) is 73.5 cm³/mol. The van der Waals surface area contributed by atoms with Gasteiger partial charge in [-0.05, 0) is 24.3 Å². The predicted octanol–water partition coefficient (Wildman–Crippen LogP) is 1.12. The summed E-state index contributed by atoms with van der Waals surface area (Å²) in [7, 11) is -3.17. The minimum atomic E-state index is -3.17. The van der Waals surface area contributed by atoms with E-state index in [9.17, 15) is 13.5 Å². The van der Waals surface area contributed by atoms with Crippen LogP contribution in [0.2, 0.25) is 0 Å². The molecule has 2 rings (SSSR count). The molecule has 3 atom stereocenters. The number of hydrogen-bond donors (Lipinski definition) is 2. The molecule has 3 unspecified atom stereocenters. The molecule has 4 nitrogen and oxygen atoms in total. The monoisotopic (exact) mass is 289 g/mol. The molecule has 0 spiro atoms. The van der Waals surface area contributed by atoms with Gasteiger partial charge in [0.1, 0.15) is 0 Å². The van der Waals surface area contributed by atoms with Gasteiger partial charge in [-0.1, -0.05) is 12.5 Å². The maximum atomic E-state index is 12.0. The summed E-state index contributed by atoms with van der Waals surface area (Å²) in [6, 6.07) is 3.80. The number of hydrogen-bond acceptors (Lipinski definition) is 5. The van der Waals surface area contributed by atoms with E-state index >= 15 is 0 Å². The Morgan fingerprint density at radius 3 is 2.83 bits per heavy atom. The highest BCUT2D eigenvalue weighted by molar-refractivity contribution is 7.92. The molecule has 1 fully saturated rings. The Hall–Kier alpha value is -0.430. The Morgan fingerprint density at radius 1 is 1.50 bits per heavy atom. The molecule has 6 heteroatoms. The number of rotatable bonds is 4. The van der Waals surface area contributed by atoms with E-state index in [1.54, 1.807) is 0 Å². The van der Waals surface area contributed by atoms with E-state index in [0.29, 0.717) is 12.8 Å². The normalized spacial score (nSPS) is 26.7. The van der Waals surface area contributed by atoms with Crippen LogP contribution in [0.1, 0.15) is 30.1 Å². The van der Waals surface area contributed by atoms with Crippen LogP contribution in [0, 0.1) is 0 Å². The summed E-state index contributed by atoms with van der Waals surface area (Å²) in [6.45, 7) is 0.272. The van der Waals surface area contributed by atoms with Crippen LogP contribution < -0.4 is 5.73 Å². The summed E-state index contributed by atoms with van der Waals surface area (Å²) < 4.78 is 24.0. The van der Waals surface area contributed by atoms with E-state index in [0.717, 1.165) is 11.3 Å². The standard InChI is InChI=1S/C12H19NO3S2/c13-8-9(10-4-3-6-17-10)12(14)11-5-1-2-7-18(11,15)16/h3-4,6,9,11-12,14H,1-2,5,7-8,13H2. The van der Waals surface area contributed by atoms with Crippen molar-refractivity contribution in [2.45, 2.75) is 36.5 Å². The molecule has 1 aromatic rings. The van der Waals surface area contributed by atoms with E-state index in [1.165, 1.54) is 11.3 Å². The summed E-state index contributed by atoms with van der Waals surface area (Å²) in [5.74, 6) is -0.0842. The van der Waals surface area contributed by atoms with Gasteiger partial charge in [0.05, 0.1) is 17.1 Å². The zero-order valence-electron chi connectivity index (χ0n) is 10.2. The van der Waals surface area contributed by atoms with Crippen LogP contribution in [0.4, 0.5) is 0 Å². The first-order valence-electron chi connectivity index (χ1n) is 6.19. The van der Waals surface area contributed by atoms with Gasteiger partial charge in [-0.25, -0.2) is 8.42 Å². The van der Waals surface area contributed by atoms with Crippen molar-refractivity contribution in [1.82, 2.24) is 0 Å². The van der Waals surface area contributed by atoms with Crippen molar-refractivity contribution in [1.29, 1.82) is 0 Å². The second-order valence-corrected chi connectivity index (χ2v) is 8.07. The van der Waals surface area contributed by atoms with Crippen LogP contribution >= 0.6 is 11.3 Å². The molecule has 1 aliphatic rings. The van der Waals surface area contributed by atoms with Crippen LogP contribution in [0.15, 0.2) is 17.5 Å². The second-order valence-electron chi connectivity index (χ2n) is 4.75. The van der Waals surface area contributed by atoms with Gasteiger partial charge in [-0.15, -0.1) is 11.3 Å². The number of nitrogens with two attached hydrogens (primary N) is 1. The lowest BCUT2D eigenvalue weighted by Gasteiger charge is -2.31. The fourth-order valence-corrected chi connectivity index (χ4v) is 5.48. The molecule has 0 radical (unpaired) electrons. The molecule has 0 bridgehead atoms. The number of aliphatic hydroxyl groups excluding tert-OH is 1. The SMILES string of the molecule is NCC(c1cccs1)C(O)C1CCCCS1(=O)=O. The van der Waals surface area contributed by atoms with Crippen molar-refractivity contribution < 1.29 is 13.5 Å². The van der Waals surface area contributed by atoms with Gasteiger partial charge in [-0.2, -0.15) is 0 Å². The lowest BCUT2D eigenvalue weighted by molar-refractivity contribution is 0.135. The quantitative estimate of drug-likeness (QED) is 0.870. The fraction of sp³-hybridized carbons (Fsp3) is 0.667. The highest BCUT2D eigenvalue weighted by atomic mass is 32.2. The van der Waals surface area contributed by atoms with Gasteiger partial charge in [0, 0.05) is 17.3 Å². The lowest BCUT2D eigenvalue weighted by Crippen LogP contribution is -2.43. The van der Waals surface area contributed by atoms with Gasteiger partial charge in [-0.3, -0.25) is 0 Å². The molecule has 0 saturated carbocycles. The van der Waals surface area contributed by atoms with Gasteiger partial charge in [0.15, 0.2) is 9.84 Å². The van der Waals surface area contributed by atoms with Crippen LogP contribution in [-0.2, 0) is 9.84 Å². The Kier molecular flexibility index (Phi) is 4.42. The third-order valence-corrected chi connectivity index (χ3v) is 6.88. The molecule has 102 valence electrons. The number of aliphatic hydroxyl groups is 1. The van der Waals surface area contributed by atoms with Crippen LogP contribution in [-0.4, -0.2) is 37.2 Å². The highest BCUT2D eigenvalue weighted by Gasteiger charge is 2.38. The molecule has 1 aromatic heterocycles. The van der Waals surface area contributed by atoms with Crippen molar-refractivity contribution in [2.24, 2.45) is 5.73 Å². The Bertz CT molecular complexity index is 470. The van der Waals surface area contributed by atoms with Crippen LogP contribution in [0.25, 0.3) is 0 Å². The molecule has 0 amide bonds. The van der Waals surface area contributed by atoms with E-state index in [-0.39, 0.29) is 18.2 Å². The van der Waals surface area contributed by atoms with Gasteiger partial charge in [0.2, 0.25) is 0 Å². The molecule has 3 N–H and O–H groups in total. The first-order valence-corrected chi connectivity index (χ1v) is 8.79. The largest absolute Gasteiger partial charge is 0.391 e. The Labute approximate surface area is 112 Å². The summed E-state index contributed by atoms with van der Waals surface area (Å²) in [5, 5.41) is 11.7. The van der Waals surface area contributed by atoms with Crippen molar-refractivity contribution in [3.8, 4) is 0 Å². The summed E-state index contributed by atoms with van der Waals surface area (Å²) in [6.07, 6.45) is 1.23. The second kappa shape index (κ2) is 5.69. The minimum absolute atomic E-state index is 0.191. The topological polar surface area (TPSA) is 80.4 Å². The Morgan fingerprint density at radius 2 is 2.28 bits per heavy atom. The van der Waals surface area contributed by atoms with Gasteiger partial charge >= 0.3 is 0 Å². The zero-order valence-corrected chi connectivity index (χ0v) is 11.8. The summed E-state index contributed by atoms with van der Waals surface area (Å²) in [5.41, 5.74) is 5.71. The number of thiophene rings is 1. The average molecular weight is 289 g/mol. The highest BCUT2D eigenvalue weighted by Crippen LogP contribution is 2.31. The van der Waals surface area contributed by atoms with Crippen molar-refractivity contribution in [2.75, 3.05) is 12.3 Å². The maximum Gasteiger partial charge on any atom is 0.155 e. The molecule has 18 heavy (non-hydrogen) atoms. The summed E-state index contributed by atoms with van der Waals surface area (Å²) in [4.78, 5) is 0.964. The minimum Gasteiger partial charge on any atom is -0.391 e. The fourth-order valence-electron chi connectivity index (χ4n) is 2.55. The molecule has 0 aliphatic carbocycles. The van der Waals surface area contributed by atoms with Crippen LogP contribution in [0.5, 0.6) is 0 Å². The number of sulfone groups is 1. The van der Waals surface area contributed by atoms with E-state index in [2.05, 4.69) is 0 Å². The average Bonchev–Trinajstić information content (AvgIpc) is 2.83. The maximum absolute atomic E-state index is 12.0. The molecular formula is C12H19NO3S2. The molecule has 1 aliphatic heterocycles. The van der Waals surface area contributed by atoms with Crippen LogP contribution in [0.3, 0.4) is 0 Å². The van der Waals surface area contributed by atoms with E-state index in [4.69, 9.17) is 5.73 Å². The van der Waals surface area contributed by atoms with Crippen molar-refractivity contribution in [3.63, 3.8) is 0 Å². The molecule has 1 saturated heterocycles. The third-order valence-electron chi connectivity index (χ3n) is 3.58. The Balaban J connectivity index is 2.21. The molecular weight excluding hydrogens is 270 g/mol. The molecule has 0 aromatic carbocycles. The van der Waals surface area contributed by atoms with Crippen molar-refractivity contribution >= 4 is 21.2 Å². The van der Waals surface area contributed by atoms with E-state index < -0.39 is 21.2 Å². The zero-order chi connectivity index (χ0) is 13.2. The molecule has 2 heterocycles. The van der Waals surface area contributed by atoms with Crippen molar-refractivity contribution in [3.05, 3.63) is 22.4 Å². The van der Waals surface area contributed by atoms with E-state index in [1.807, 2.05) is 17.5 Å².